The first-order valence-electron chi connectivity index (χ1n) is 7.77. The van der Waals surface area contributed by atoms with Crippen LogP contribution in [0.3, 0.4) is 0 Å². The van der Waals surface area contributed by atoms with E-state index in [1.54, 1.807) is 24.4 Å². The number of aromatic nitrogens is 2. The SMILES string of the molecule is Cc1nc2scc(C)n2c(=O)c1S(=O)(=O)Nc1ccc2c(c1)OCCO2. The molecule has 1 aliphatic heterocycles. The molecule has 0 spiro atoms. The van der Waals surface area contributed by atoms with E-state index in [1.165, 1.54) is 28.7 Å². The van der Waals surface area contributed by atoms with Crippen LogP contribution in [0.5, 0.6) is 11.5 Å². The lowest BCUT2D eigenvalue weighted by Crippen LogP contribution is -2.28. The first-order chi connectivity index (χ1) is 12.4. The van der Waals surface area contributed by atoms with Gasteiger partial charge in [-0.1, -0.05) is 0 Å². The average molecular weight is 393 g/mol. The molecule has 0 saturated heterocycles. The molecule has 0 radical (unpaired) electrons. The molecule has 3 aromatic rings. The molecule has 136 valence electrons. The number of anilines is 1. The summed E-state index contributed by atoms with van der Waals surface area (Å²) in [6.45, 7) is 4.07. The van der Waals surface area contributed by atoms with Crippen LogP contribution >= 0.6 is 11.3 Å². The standard InChI is InChI=1S/C16H15N3O5S2/c1-9-8-25-16-17-10(2)14(15(20)19(9)16)26(21,22)18-11-3-4-12-13(7-11)24-6-5-23-12/h3-4,7-8,18H,5-6H2,1-2H3. The van der Waals surface area contributed by atoms with E-state index in [4.69, 9.17) is 9.47 Å². The van der Waals surface area contributed by atoms with E-state index in [9.17, 15) is 13.2 Å². The van der Waals surface area contributed by atoms with Crippen LogP contribution in [0, 0.1) is 13.8 Å². The number of sulfonamides is 1. The monoisotopic (exact) mass is 393 g/mol. The second-order valence-electron chi connectivity index (χ2n) is 5.79. The second kappa shape index (κ2) is 5.99. The predicted molar refractivity (Wildman–Crippen MR) is 97.1 cm³/mol. The maximum atomic E-state index is 12.9. The summed E-state index contributed by atoms with van der Waals surface area (Å²) in [5.74, 6) is 1.000. The summed E-state index contributed by atoms with van der Waals surface area (Å²) in [7, 11) is -4.12. The van der Waals surface area contributed by atoms with Crippen LogP contribution < -0.4 is 19.8 Å². The van der Waals surface area contributed by atoms with Gasteiger partial charge in [0.2, 0.25) is 0 Å². The molecule has 4 rings (SSSR count). The van der Waals surface area contributed by atoms with E-state index >= 15 is 0 Å². The van der Waals surface area contributed by atoms with Gasteiger partial charge in [0.15, 0.2) is 21.4 Å². The smallest absolute Gasteiger partial charge is 0.279 e. The Kier molecular flexibility index (Phi) is 3.88. The molecule has 2 aromatic heterocycles. The number of benzene rings is 1. The number of fused-ring (bicyclic) bond motifs is 2. The number of thiazole rings is 1. The number of aryl methyl sites for hydroxylation is 2. The highest BCUT2D eigenvalue weighted by Crippen LogP contribution is 2.33. The summed E-state index contributed by atoms with van der Waals surface area (Å²) in [4.78, 5) is 17.1. The van der Waals surface area contributed by atoms with Crippen LogP contribution in [0.1, 0.15) is 11.4 Å². The first kappa shape index (κ1) is 16.9. The summed E-state index contributed by atoms with van der Waals surface area (Å²) >= 11 is 1.29. The minimum atomic E-state index is -4.12. The highest BCUT2D eigenvalue weighted by Gasteiger charge is 2.25. The molecule has 0 atom stereocenters. The molecule has 0 amide bonds. The van der Waals surface area contributed by atoms with E-state index < -0.39 is 15.6 Å². The van der Waals surface area contributed by atoms with Crippen molar-refractivity contribution in [3.8, 4) is 11.5 Å². The molecule has 3 heterocycles. The molecule has 0 bridgehead atoms. The second-order valence-corrected chi connectivity index (χ2v) is 8.25. The van der Waals surface area contributed by atoms with Crippen LogP contribution in [-0.2, 0) is 10.0 Å². The van der Waals surface area contributed by atoms with Crippen LogP contribution in [0.2, 0.25) is 0 Å². The van der Waals surface area contributed by atoms with E-state index in [0.29, 0.717) is 35.4 Å². The molecule has 0 unspecified atom stereocenters. The molecule has 0 fully saturated rings. The van der Waals surface area contributed by atoms with Gasteiger partial charge in [-0.25, -0.2) is 13.4 Å². The van der Waals surface area contributed by atoms with Gasteiger partial charge in [0.25, 0.3) is 15.6 Å². The number of hydrogen-bond donors (Lipinski definition) is 1. The third-order valence-corrected chi connectivity index (χ3v) is 6.39. The first-order valence-corrected chi connectivity index (χ1v) is 10.1. The van der Waals surface area contributed by atoms with Crippen molar-refractivity contribution in [2.75, 3.05) is 17.9 Å². The fraction of sp³-hybridized carbons (Fsp3) is 0.250. The number of hydrogen-bond acceptors (Lipinski definition) is 7. The minimum absolute atomic E-state index is 0.155. The van der Waals surface area contributed by atoms with Crippen LogP contribution in [0.25, 0.3) is 4.96 Å². The number of rotatable bonds is 3. The molecule has 1 aromatic carbocycles. The Morgan fingerprint density at radius 2 is 1.92 bits per heavy atom. The van der Waals surface area contributed by atoms with Gasteiger partial charge < -0.3 is 9.47 Å². The van der Waals surface area contributed by atoms with Gasteiger partial charge in [-0.15, -0.1) is 11.3 Å². The maximum Gasteiger partial charge on any atom is 0.279 e. The van der Waals surface area contributed by atoms with Gasteiger partial charge in [-0.05, 0) is 26.0 Å². The van der Waals surface area contributed by atoms with Gasteiger partial charge in [0.05, 0.1) is 11.4 Å². The molecule has 10 heteroatoms. The Morgan fingerprint density at radius 3 is 2.69 bits per heavy atom. The molecule has 0 saturated carbocycles. The van der Waals surface area contributed by atoms with Crippen LogP contribution in [0.4, 0.5) is 5.69 Å². The Bertz CT molecular complexity index is 1180. The zero-order valence-corrected chi connectivity index (χ0v) is 15.6. The van der Waals surface area contributed by atoms with Crippen molar-refractivity contribution in [1.29, 1.82) is 0 Å². The Balaban J connectivity index is 1.79. The van der Waals surface area contributed by atoms with E-state index in [1.807, 2.05) is 0 Å². The van der Waals surface area contributed by atoms with Crippen LogP contribution in [0.15, 0.2) is 33.3 Å². The van der Waals surface area contributed by atoms with Gasteiger partial charge in [-0.2, -0.15) is 0 Å². The van der Waals surface area contributed by atoms with Gasteiger partial charge in [0.1, 0.15) is 13.2 Å². The van der Waals surface area contributed by atoms with Crippen molar-refractivity contribution in [3.63, 3.8) is 0 Å². The van der Waals surface area contributed by atoms with E-state index in [2.05, 4.69) is 9.71 Å². The molecular formula is C16H15N3O5S2. The molecule has 26 heavy (non-hydrogen) atoms. The average Bonchev–Trinajstić information content (AvgIpc) is 2.95. The normalized spacial score (nSPS) is 13.8. The number of nitrogens with zero attached hydrogens (tertiary/aromatic N) is 2. The lowest BCUT2D eigenvalue weighted by molar-refractivity contribution is 0.171. The molecule has 1 aliphatic rings. The van der Waals surface area contributed by atoms with Gasteiger partial charge in [-0.3, -0.25) is 13.9 Å². The molecule has 1 N–H and O–H groups in total. The fourth-order valence-electron chi connectivity index (χ4n) is 2.79. The van der Waals surface area contributed by atoms with E-state index in [-0.39, 0.29) is 16.3 Å². The van der Waals surface area contributed by atoms with Crippen molar-refractivity contribution in [3.05, 3.63) is 45.3 Å². The van der Waals surface area contributed by atoms with Crippen LogP contribution in [-0.4, -0.2) is 31.0 Å². The molecule has 0 aliphatic carbocycles. The zero-order valence-electron chi connectivity index (χ0n) is 14.0. The Hall–Kier alpha value is -2.59. The third kappa shape index (κ3) is 2.71. The molecule has 8 nitrogen and oxygen atoms in total. The summed E-state index contributed by atoms with van der Waals surface area (Å²) in [6, 6.07) is 4.71. The van der Waals surface area contributed by atoms with Crippen molar-refractivity contribution in [2.24, 2.45) is 0 Å². The number of ether oxygens (including phenoxy) is 2. The summed E-state index contributed by atoms with van der Waals surface area (Å²) in [5, 5.41) is 1.76. The lowest BCUT2D eigenvalue weighted by Gasteiger charge is -2.19. The van der Waals surface area contributed by atoms with E-state index in [0.717, 1.165) is 0 Å². The maximum absolute atomic E-state index is 12.9. The quantitative estimate of drug-likeness (QED) is 0.730. The summed E-state index contributed by atoms with van der Waals surface area (Å²) in [5.41, 5.74) is 0.455. The van der Waals surface area contributed by atoms with Crippen molar-refractivity contribution < 1.29 is 17.9 Å². The highest BCUT2D eigenvalue weighted by molar-refractivity contribution is 7.92. The van der Waals surface area contributed by atoms with Crippen molar-refractivity contribution in [2.45, 2.75) is 18.7 Å². The largest absolute Gasteiger partial charge is 0.486 e. The van der Waals surface area contributed by atoms with Crippen molar-refractivity contribution >= 4 is 32.0 Å². The minimum Gasteiger partial charge on any atom is -0.486 e. The highest BCUT2D eigenvalue weighted by atomic mass is 32.2. The zero-order chi connectivity index (χ0) is 18.5. The van der Waals surface area contributed by atoms with Gasteiger partial charge in [0, 0.05) is 17.1 Å². The lowest BCUT2D eigenvalue weighted by atomic mass is 10.3. The topological polar surface area (TPSA) is 99.0 Å². The number of nitrogens with one attached hydrogen (secondary N) is 1. The third-order valence-electron chi connectivity index (χ3n) is 3.93. The fourth-order valence-corrected chi connectivity index (χ4v) is 4.99. The summed E-state index contributed by atoms with van der Waals surface area (Å²) in [6.07, 6.45) is 0. The van der Waals surface area contributed by atoms with Gasteiger partial charge >= 0.3 is 0 Å². The Labute approximate surface area is 153 Å². The van der Waals surface area contributed by atoms with Crippen molar-refractivity contribution in [1.82, 2.24) is 9.38 Å². The summed E-state index contributed by atoms with van der Waals surface area (Å²) < 4.78 is 40.3. The Morgan fingerprint density at radius 1 is 1.19 bits per heavy atom. The molecular weight excluding hydrogens is 378 g/mol. The predicted octanol–water partition coefficient (Wildman–Crippen LogP) is 1.94.